The van der Waals surface area contributed by atoms with E-state index in [1.54, 1.807) is 13.0 Å². The molecule has 0 saturated heterocycles. The van der Waals surface area contributed by atoms with E-state index in [4.69, 9.17) is 4.74 Å². The first-order chi connectivity index (χ1) is 7.02. The molecule has 1 heterocycles. The summed E-state index contributed by atoms with van der Waals surface area (Å²) in [5, 5.41) is 0. The van der Waals surface area contributed by atoms with Crippen LogP contribution in [-0.4, -0.2) is 6.10 Å². The standard InChI is InChI=1S/C12H16F2O/c1-8-6-4-5-7-9(2)15-10(3)12(14)11(8)13/h6,9H,3-5,7H2,1-2H3/b8-6-,12-11-. The van der Waals surface area contributed by atoms with Crippen LogP contribution < -0.4 is 0 Å². The van der Waals surface area contributed by atoms with Crippen LogP contribution >= 0.6 is 0 Å². The average Bonchev–Trinajstić information content (AvgIpc) is 2.20. The number of allylic oxidation sites excluding steroid dienone is 4. The lowest BCUT2D eigenvalue weighted by Gasteiger charge is -2.17. The van der Waals surface area contributed by atoms with Crippen LogP contribution in [0.2, 0.25) is 0 Å². The van der Waals surface area contributed by atoms with Crippen LogP contribution in [0.15, 0.2) is 35.6 Å². The van der Waals surface area contributed by atoms with Crippen LogP contribution in [0, 0.1) is 0 Å². The van der Waals surface area contributed by atoms with Gasteiger partial charge in [0.25, 0.3) is 0 Å². The zero-order valence-electron chi connectivity index (χ0n) is 9.15. The molecular weight excluding hydrogens is 198 g/mol. The van der Waals surface area contributed by atoms with Gasteiger partial charge >= 0.3 is 0 Å². The molecule has 1 nitrogen and oxygen atoms in total. The third-order valence-corrected chi connectivity index (χ3v) is 2.39. The Morgan fingerprint density at radius 3 is 2.73 bits per heavy atom. The molecule has 3 heteroatoms. The average molecular weight is 214 g/mol. The molecule has 15 heavy (non-hydrogen) atoms. The Morgan fingerprint density at radius 1 is 1.40 bits per heavy atom. The molecule has 84 valence electrons. The van der Waals surface area contributed by atoms with E-state index < -0.39 is 11.7 Å². The van der Waals surface area contributed by atoms with Crippen molar-refractivity contribution in [1.82, 2.24) is 0 Å². The first-order valence-corrected chi connectivity index (χ1v) is 5.10. The normalized spacial score (nSPS) is 32.9. The first kappa shape index (κ1) is 12.0. The topological polar surface area (TPSA) is 9.23 Å². The predicted octanol–water partition coefficient (Wildman–Crippen LogP) is 4.19. The summed E-state index contributed by atoms with van der Waals surface area (Å²) in [6.45, 7) is 6.76. The Labute approximate surface area is 89.1 Å². The van der Waals surface area contributed by atoms with Crippen LogP contribution in [0.1, 0.15) is 33.1 Å². The van der Waals surface area contributed by atoms with Gasteiger partial charge in [-0.3, -0.25) is 0 Å². The van der Waals surface area contributed by atoms with Crippen molar-refractivity contribution in [2.75, 3.05) is 0 Å². The number of hydrogen-bond donors (Lipinski definition) is 0. The maximum absolute atomic E-state index is 13.4. The molecule has 0 aromatic heterocycles. The predicted molar refractivity (Wildman–Crippen MR) is 56.5 cm³/mol. The molecule has 0 aromatic rings. The van der Waals surface area contributed by atoms with Crippen molar-refractivity contribution in [3.05, 3.63) is 35.6 Å². The van der Waals surface area contributed by atoms with E-state index in [1.165, 1.54) is 0 Å². The first-order valence-electron chi connectivity index (χ1n) is 5.10. The third-order valence-electron chi connectivity index (χ3n) is 2.39. The number of ether oxygens (including phenoxy) is 1. The number of rotatable bonds is 0. The second kappa shape index (κ2) is 5.10. The van der Waals surface area contributed by atoms with E-state index in [2.05, 4.69) is 6.58 Å². The molecule has 0 amide bonds. The van der Waals surface area contributed by atoms with Crippen molar-refractivity contribution in [3.8, 4) is 0 Å². The molecule has 0 spiro atoms. The van der Waals surface area contributed by atoms with E-state index in [9.17, 15) is 8.78 Å². The fourth-order valence-corrected chi connectivity index (χ4v) is 1.46. The van der Waals surface area contributed by atoms with E-state index in [-0.39, 0.29) is 11.9 Å². The Bertz CT molecular complexity index is 316. The fourth-order valence-electron chi connectivity index (χ4n) is 1.46. The zero-order valence-corrected chi connectivity index (χ0v) is 9.15. The van der Waals surface area contributed by atoms with E-state index in [0.717, 1.165) is 19.3 Å². The Morgan fingerprint density at radius 2 is 2.07 bits per heavy atom. The second-order valence-electron chi connectivity index (χ2n) is 3.80. The van der Waals surface area contributed by atoms with E-state index in [1.807, 2.05) is 6.92 Å². The molecule has 0 bridgehead atoms. The lowest BCUT2D eigenvalue weighted by molar-refractivity contribution is 0.120. The summed E-state index contributed by atoms with van der Waals surface area (Å²) in [4.78, 5) is 0. The summed E-state index contributed by atoms with van der Waals surface area (Å²) in [7, 11) is 0. The van der Waals surface area contributed by atoms with Crippen LogP contribution in [0.25, 0.3) is 0 Å². The van der Waals surface area contributed by atoms with Gasteiger partial charge in [0.05, 0.1) is 6.10 Å². The molecule has 1 aliphatic rings. The fraction of sp³-hybridized carbons (Fsp3) is 0.500. The van der Waals surface area contributed by atoms with Crippen molar-refractivity contribution >= 4 is 0 Å². The quantitative estimate of drug-likeness (QED) is 0.587. The Kier molecular flexibility index (Phi) is 4.06. The smallest absolute Gasteiger partial charge is 0.200 e. The minimum Gasteiger partial charge on any atom is -0.488 e. The molecule has 0 N–H and O–H groups in total. The minimum atomic E-state index is -0.988. The lowest BCUT2D eigenvalue weighted by Crippen LogP contribution is -2.09. The van der Waals surface area contributed by atoms with Crippen LogP contribution in [0.4, 0.5) is 8.78 Å². The monoisotopic (exact) mass is 214 g/mol. The summed E-state index contributed by atoms with van der Waals surface area (Å²) in [6, 6.07) is 0. The van der Waals surface area contributed by atoms with Gasteiger partial charge in [-0.05, 0) is 38.7 Å². The van der Waals surface area contributed by atoms with Crippen molar-refractivity contribution in [1.29, 1.82) is 0 Å². The second-order valence-corrected chi connectivity index (χ2v) is 3.80. The molecule has 1 rings (SSSR count). The summed E-state index contributed by atoms with van der Waals surface area (Å²) >= 11 is 0. The summed E-state index contributed by atoms with van der Waals surface area (Å²) in [5.74, 6) is -2.07. The molecule has 0 aromatic carbocycles. The van der Waals surface area contributed by atoms with Crippen molar-refractivity contribution < 1.29 is 13.5 Å². The summed E-state index contributed by atoms with van der Waals surface area (Å²) < 4.78 is 31.9. The van der Waals surface area contributed by atoms with Gasteiger partial charge in [-0.15, -0.1) is 0 Å². The van der Waals surface area contributed by atoms with Crippen molar-refractivity contribution in [2.45, 2.75) is 39.2 Å². The van der Waals surface area contributed by atoms with Gasteiger partial charge in [0, 0.05) is 0 Å². The zero-order chi connectivity index (χ0) is 11.4. The van der Waals surface area contributed by atoms with Gasteiger partial charge in [-0.1, -0.05) is 12.7 Å². The number of halogens is 2. The molecule has 1 unspecified atom stereocenters. The van der Waals surface area contributed by atoms with Gasteiger partial charge < -0.3 is 4.74 Å². The van der Waals surface area contributed by atoms with Gasteiger partial charge in [0.2, 0.25) is 0 Å². The molecule has 1 aliphatic heterocycles. The SMILES string of the molecule is C=C1OC(C)CCC/C=C(C)\C(F)=C/1F. The Hall–Kier alpha value is -1.12. The van der Waals surface area contributed by atoms with Crippen molar-refractivity contribution in [2.24, 2.45) is 0 Å². The van der Waals surface area contributed by atoms with Crippen LogP contribution in [-0.2, 0) is 4.74 Å². The molecule has 1 atom stereocenters. The maximum atomic E-state index is 13.4. The Balaban J connectivity index is 2.97. The molecule has 0 saturated carbocycles. The highest BCUT2D eigenvalue weighted by molar-refractivity contribution is 5.33. The molecule has 0 fully saturated rings. The lowest BCUT2D eigenvalue weighted by atomic mass is 10.1. The molecule has 0 radical (unpaired) electrons. The van der Waals surface area contributed by atoms with Crippen LogP contribution in [0.5, 0.6) is 0 Å². The highest BCUT2D eigenvalue weighted by Gasteiger charge is 2.16. The minimum absolute atomic E-state index is 0.122. The largest absolute Gasteiger partial charge is 0.488 e. The summed E-state index contributed by atoms with van der Waals surface area (Å²) in [6.07, 6.45) is 4.05. The number of hydrogen-bond acceptors (Lipinski definition) is 1. The van der Waals surface area contributed by atoms with Crippen molar-refractivity contribution in [3.63, 3.8) is 0 Å². The van der Waals surface area contributed by atoms with Crippen LogP contribution in [0.3, 0.4) is 0 Å². The third kappa shape index (κ3) is 3.18. The van der Waals surface area contributed by atoms with Gasteiger partial charge in [0.15, 0.2) is 17.4 Å². The van der Waals surface area contributed by atoms with Gasteiger partial charge in [0.1, 0.15) is 0 Å². The molecular formula is C12H16F2O. The van der Waals surface area contributed by atoms with Gasteiger partial charge in [-0.25, -0.2) is 4.39 Å². The van der Waals surface area contributed by atoms with E-state index >= 15 is 0 Å². The molecule has 0 aliphatic carbocycles. The maximum Gasteiger partial charge on any atom is 0.200 e. The highest BCUT2D eigenvalue weighted by atomic mass is 19.2. The summed E-state index contributed by atoms with van der Waals surface area (Å²) in [5.41, 5.74) is 0.312. The van der Waals surface area contributed by atoms with E-state index in [0.29, 0.717) is 5.57 Å². The van der Waals surface area contributed by atoms with Gasteiger partial charge in [-0.2, -0.15) is 4.39 Å². The highest BCUT2D eigenvalue weighted by Crippen LogP contribution is 2.26.